The SMILES string of the molecule is CCCCOc1ccc(C=C(C#N)c2nc3ccccc3n2C)cc1. The molecule has 0 amide bonds. The number of fused-ring (bicyclic) bond motifs is 1. The van der Waals surface area contributed by atoms with Crippen LogP contribution in [0.2, 0.25) is 0 Å². The Balaban J connectivity index is 1.87. The van der Waals surface area contributed by atoms with Crippen LogP contribution >= 0.6 is 0 Å². The van der Waals surface area contributed by atoms with E-state index in [-0.39, 0.29) is 0 Å². The predicted octanol–water partition coefficient (Wildman–Crippen LogP) is 4.82. The molecule has 0 radical (unpaired) electrons. The zero-order valence-corrected chi connectivity index (χ0v) is 14.6. The van der Waals surface area contributed by atoms with Gasteiger partial charge in [0.05, 0.1) is 23.2 Å². The number of hydrogen-bond donors (Lipinski definition) is 0. The highest BCUT2D eigenvalue weighted by atomic mass is 16.5. The van der Waals surface area contributed by atoms with Crippen molar-refractivity contribution in [3.63, 3.8) is 0 Å². The third kappa shape index (κ3) is 3.72. The molecular weight excluding hydrogens is 310 g/mol. The van der Waals surface area contributed by atoms with Gasteiger partial charge < -0.3 is 9.30 Å². The van der Waals surface area contributed by atoms with Gasteiger partial charge >= 0.3 is 0 Å². The Bertz CT molecular complexity index is 930. The Morgan fingerprint density at radius 2 is 1.96 bits per heavy atom. The molecule has 25 heavy (non-hydrogen) atoms. The van der Waals surface area contributed by atoms with E-state index in [0.717, 1.165) is 41.8 Å². The van der Waals surface area contributed by atoms with Crippen LogP contribution in [0.15, 0.2) is 48.5 Å². The molecule has 0 atom stereocenters. The molecule has 0 N–H and O–H groups in total. The van der Waals surface area contributed by atoms with E-state index in [9.17, 15) is 5.26 Å². The van der Waals surface area contributed by atoms with Gasteiger partial charge in [0.2, 0.25) is 0 Å². The smallest absolute Gasteiger partial charge is 0.151 e. The molecule has 0 saturated heterocycles. The summed E-state index contributed by atoms with van der Waals surface area (Å²) in [6, 6.07) is 17.9. The predicted molar refractivity (Wildman–Crippen MR) is 101 cm³/mol. The normalized spacial score (nSPS) is 11.5. The third-order valence-electron chi connectivity index (χ3n) is 4.11. The Labute approximate surface area is 148 Å². The quantitative estimate of drug-likeness (QED) is 0.481. The van der Waals surface area contributed by atoms with Crippen LogP contribution in [-0.2, 0) is 7.05 Å². The minimum absolute atomic E-state index is 0.540. The van der Waals surface area contributed by atoms with Gasteiger partial charge in [-0.05, 0) is 42.3 Å². The fourth-order valence-electron chi connectivity index (χ4n) is 2.69. The molecule has 1 aromatic heterocycles. The Hall–Kier alpha value is -3.06. The van der Waals surface area contributed by atoms with Crippen LogP contribution < -0.4 is 4.74 Å². The summed E-state index contributed by atoms with van der Waals surface area (Å²) in [5.74, 6) is 1.53. The largest absolute Gasteiger partial charge is 0.494 e. The van der Waals surface area contributed by atoms with Crippen molar-refractivity contribution in [1.29, 1.82) is 5.26 Å². The van der Waals surface area contributed by atoms with Crippen LogP contribution in [-0.4, -0.2) is 16.2 Å². The molecule has 0 spiro atoms. The lowest BCUT2D eigenvalue weighted by atomic mass is 10.1. The first-order valence-corrected chi connectivity index (χ1v) is 8.49. The summed E-state index contributed by atoms with van der Waals surface area (Å²) >= 11 is 0. The summed E-state index contributed by atoms with van der Waals surface area (Å²) in [5, 5.41) is 9.59. The second-order valence-corrected chi connectivity index (χ2v) is 5.92. The maximum Gasteiger partial charge on any atom is 0.151 e. The van der Waals surface area contributed by atoms with E-state index in [1.165, 1.54) is 0 Å². The molecule has 0 aliphatic carbocycles. The van der Waals surface area contributed by atoms with Crippen molar-refractivity contribution in [3.05, 3.63) is 59.9 Å². The average Bonchev–Trinajstić information content (AvgIpc) is 2.98. The van der Waals surface area contributed by atoms with E-state index < -0.39 is 0 Å². The molecule has 0 fully saturated rings. The maximum atomic E-state index is 9.59. The topological polar surface area (TPSA) is 50.8 Å². The fraction of sp³-hybridized carbons (Fsp3) is 0.238. The van der Waals surface area contributed by atoms with Crippen molar-refractivity contribution >= 4 is 22.7 Å². The Morgan fingerprint density at radius 1 is 1.20 bits per heavy atom. The standard InChI is InChI=1S/C21H21N3O/c1-3-4-13-25-18-11-9-16(10-12-18)14-17(15-22)21-23-19-7-5-6-8-20(19)24(21)2/h5-12,14H,3-4,13H2,1-2H3. The Morgan fingerprint density at radius 3 is 2.64 bits per heavy atom. The van der Waals surface area contributed by atoms with Crippen LogP contribution in [0.25, 0.3) is 22.7 Å². The summed E-state index contributed by atoms with van der Waals surface area (Å²) in [4.78, 5) is 4.59. The number of rotatable bonds is 6. The van der Waals surface area contributed by atoms with E-state index in [0.29, 0.717) is 11.4 Å². The number of ether oxygens (including phenoxy) is 1. The van der Waals surface area contributed by atoms with Crippen molar-refractivity contribution in [2.75, 3.05) is 6.61 Å². The average molecular weight is 331 g/mol. The molecule has 3 rings (SSSR count). The van der Waals surface area contributed by atoms with Crippen molar-refractivity contribution in [2.24, 2.45) is 7.05 Å². The minimum atomic E-state index is 0.540. The summed E-state index contributed by atoms with van der Waals surface area (Å²) in [6.07, 6.45) is 4.02. The van der Waals surface area contributed by atoms with Gasteiger partial charge in [-0.25, -0.2) is 4.98 Å². The minimum Gasteiger partial charge on any atom is -0.494 e. The van der Waals surface area contributed by atoms with Gasteiger partial charge in [0, 0.05) is 7.05 Å². The number of nitriles is 1. The van der Waals surface area contributed by atoms with Crippen molar-refractivity contribution in [2.45, 2.75) is 19.8 Å². The first kappa shape index (κ1) is 16.8. The number of nitrogens with zero attached hydrogens (tertiary/aromatic N) is 3. The number of unbranched alkanes of at least 4 members (excludes halogenated alkanes) is 1. The lowest BCUT2D eigenvalue weighted by Crippen LogP contribution is -1.97. The molecule has 0 aliphatic rings. The number of imidazole rings is 1. The number of aromatic nitrogens is 2. The monoisotopic (exact) mass is 331 g/mol. The number of aryl methyl sites for hydroxylation is 1. The second kappa shape index (κ2) is 7.67. The van der Waals surface area contributed by atoms with Crippen LogP contribution in [0, 0.1) is 11.3 Å². The van der Waals surface area contributed by atoms with E-state index in [1.807, 2.05) is 66.2 Å². The zero-order valence-electron chi connectivity index (χ0n) is 14.6. The molecule has 3 aromatic rings. The van der Waals surface area contributed by atoms with Gasteiger partial charge in [0.1, 0.15) is 11.8 Å². The molecule has 0 unspecified atom stereocenters. The maximum absolute atomic E-state index is 9.59. The van der Waals surface area contributed by atoms with Crippen LogP contribution in [0.3, 0.4) is 0 Å². The highest BCUT2D eigenvalue weighted by Crippen LogP contribution is 2.23. The molecule has 2 aromatic carbocycles. The summed E-state index contributed by atoms with van der Waals surface area (Å²) in [7, 11) is 1.93. The highest BCUT2D eigenvalue weighted by molar-refractivity contribution is 5.90. The third-order valence-corrected chi connectivity index (χ3v) is 4.11. The molecule has 0 aliphatic heterocycles. The summed E-state index contributed by atoms with van der Waals surface area (Å²) in [5.41, 5.74) is 3.39. The summed E-state index contributed by atoms with van der Waals surface area (Å²) < 4.78 is 7.63. The Kier molecular flexibility index (Phi) is 5.15. The highest BCUT2D eigenvalue weighted by Gasteiger charge is 2.11. The zero-order chi connectivity index (χ0) is 17.6. The van der Waals surface area contributed by atoms with Crippen LogP contribution in [0.4, 0.5) is 0 Å². The number of para-hydroxylation sites is 2. The van der Waals surface area contributed by atoms with Gasteiger partial charge in [-0.15, -0.1) is 0 Å². The molecule has 0 saturated carbocycles. The van der Waals surface area contributed by atoms with E-state index in [4.69, 9.17) is 4.74 Å². The lowest BCUT2D eigenvalue weighted by Gasteiger charge is -2.05. The fourth-order valence-corrected chi connectivity index (χ4v) is 2.69. The van der Waals surface area contributed by atoms with Crippen molar-refractivity contribution in [1.82, 2.24) is 9.55 Å². The molecule has 126 valence electrons. The van der Waals surface area contributed by atoms with E-state index >= 15 is 0 Å². The van der Waals surface area contributed by atoms with Gasteiger partial charge in [-0.2, -0.15) is 5.26 Å². The van der Waals surface area contributed by atoms with Crippen molar-refractivity contribution < 1.29 is 4.74 Å². The first-order valence-electron chi connectivity index (χ1n) is 8.49. The molecule has 1 heterocycles. The molecule has 4 heteroatoms. The van der Waals surface area contributed by atoms with Gasteiger partial charge in [0.25, 0.3) is 0 Å². The number of benzene rings is 2. The van der Waals surface area contributed by atoms with E-state index in [2.05, 4.69) is 18.0 Å². The van der Waals surface area contributed by atoms with E-state index in [1.54, 1.807) is 0 Å². The van der Waals surface area contributed by atoms with Gasteiger partial charge in [-0.3, -0.25) is 0 Å². The number of hydrogen-bond acceptors (Lipinski definition) is 3. The first-order chi connectivity index (χ1) is 12.2. The molecule has 0 bridgehead atoms. The lowest BCUT2D eigenvalue weighted by molar-refractivity contribution is 0.309. The van der Waals surface area contributed by atoms with Gasteiger partial charge in [-0.1, -0.05) is 37.6 Å². The van der Waals surface area contributed by atoms with Crippen molar-refractivity contribution in [3.8, 4) is 11.8 Å². The molecular formula is C21H21N3O. The second-order valence-electron chi connectivity index (χ2n) is 5.92. The number of allylic oxidation sites excluding steroid dienone is 1. The van der Waals surface area contributed by atoms with Crippen LogP contribution in [0.5, 0.6) is 5.75 Å². The van der Waals surface area contributed by atoms with Gasteiger partial charge in [0.15, 0.2) is 5.82 Å². The van der Waals surface area contributed by atoms with Crippen LogP contribution in [0.1, 0.15) is 31.2 Å². The molecule has 4 nitrogen and oxygen atoms in total. The summed E-state index contributed by atoms with van der Waals surface area (Å²) in [6.45, 7) is 2.87.